The number of hydrogen-bond acceptors (Lipinski definition) is 3. The minimum atomic E-state index is -0.00644. The third-order valence-corrected chi connectivity index (χ3v) is 3.90. The van der Waals surface area contributed by atoms with E-state index in [2.05, 4.69) is 51.2 Å². The molecular weight excluding hydrogens is 192 g/mol. The molecule has 14 heavy (non-hydrogen) atoms. The Morgan fingerprint density at radius 2 is 2.00 bits per heavy atom. The SMILES string of the molecule is Cc1cc(C(N)C(C)(C)N(C)C)cs1. The Morgan fingerprint density at radius 3 is 2.36 bits per heavy atom. The summed E-state index contributed by atoms with van der Waals surface area (Å²) in [6.45, 7) is 6.46. The van der Waals surface area contributed by atoms with E-state index in [0.29, 0.717) is 0 Å². The van der Waals surface area contributed by atoms with Gasteiger partial charge in [-0.1, -0.05) is 0 Å². The van der Waals surface area contributed by atoms with E-state index in [-0.39, 0.29) is 11.6 Å². The van der Waals surface area contributed by atoms with Gasteiger partial charge in [-0.2, -0.15) is 0 Å². The molecule has 2 N–H and O–H groups in total. The summed E-state index contributed by atoms with van der Waals surface area (Å²) in [4.78, 5) is 3.50. The van der Waals surface area contributed by atoms with Gasteiger partial charge in [-0.05, 0) is 51.9 Å². The van der Waals surface area contributed by atoms with Crippen LogP contribution in [0.4, 0.5) is 0 Å². The van der Waals surface area contributed by atoms with E-state index in [1.54, 1.807) is 11.3 Å². The molecule has 0 aliphatic heterocycles. The van der Waals surface area contributed by atoms with E-state index < -0.39 is 0 Å². The molecule has 0 saturated heterocycles. The molecule has 1 unspecified atom stereocenters. The van der Waals surface area contributed by atoms with E-state index in [1.165, 1.54) is 10.4 Å². The maximum Gasteiger partial charge on any atom is 0.0484 e. The summed E-state index contributed by atoms with van der Waals surface area (Å²) < 4.78 is 0. The fraction of sp³-hybridized carbons (Fsp3) is 0.636. The van der Waals surface area contributed by atoms with Crippen molar-refractivity contribution in [3.05, 3.63) is 21.9 Å². The first-order chi connectivity index (χ1) is 6.35. The first-order valence-corrected chi connectivity index (χ1v) is 5.71. The highest BCUT2D eigenvalue weighted by molar-refractivity contribution is 7.10. The lowest BCUT2D eigenvalue weighted by Crippen LogP contribution is -2.47. The molecule has 0 bridgehead atoms. The standard InChI is InChI=1S/C11H20N2S/c1-8-6-9(7-14-8)10(12)11(2,3)13(4)5/h6-7,10H,12H2,1-5H3. The summed E-state index contributed by atoms with van der Waals surface area (Å²) in [5.74, 6) is 0. The van der Waals surface area contributed by atoms with E-state index in [0.717, 1.165) is 0 Å². The summed E-state index contributed by atoms with van der Waals surface area (Å²) in [6, 6.07) is 2.25. The fourth-order valence-corrected chi connectivity index (χ4v) is 2.05. The lowest BCUT2D eigenvalue weighted by atomic mass is 9.89. The third-order valence-electron chi connectivity index (χ3n) is 3.02. The van der Waals surface area contributed by atoms with Gasteiger partial charge in [0.1, 0.15) is 0 Å². The average Bonchev–Trinajstić information content (AvgIpc) is 2.50. The Labute approximate surface area is 90.7 Å². The second kappa shape index (κ2) is 4.01. The molecule has 1 heterocycles. The Balaban J connectivity index is 2.89. The van der Waals surface area contributed by atoms with Crippen molar-refractivity contribution in [3.63, 3.8) is 0 Å². The number of likely N-dealkylation sites (N-methyl/N-ethyl adjacent to an activating group) is 1. The van der Waals surface area contributed by atoms with Crippen LogP contribution in [0.1, 0.15) is 30.3 Å². The van der Waals surface area contributed by atoms with Crippen LogP contribution in [0.2, 0.25) is 0 Å². The number of nitrogens with two attached hydrogens (primary N) is 1. The normalized spacial score (nSPS) is 14.8. The van der Waals surface area contributed by atoms with Crippen LogP contribution in [-0.2, 0) is 0 Å². The zero-order valence-corrected chi connectivity index (χ0v) is 10.5. The average molecular weight is 212 g/mol. The summed E-state index contributed by atoms with van der Waals surface area (Å²) in [5.41, 5.74) is 7.49. The van der Waals surface area contributed by atoms with Crippen LogP contribution in [0, 0.1) is 6.92 Å². The first kappa shape index (κ1) is 11.7. The molecule has 1 atom stereocenters. The van der Waals surface area contributed by atoms with Gasteiger partial charge in [0.25, 0.3) is 0 Å². The van der Waals surface area contributed by atoms with Gasteiger partial charge >= 0.3 is 0 Å². The number of nitrogens with zero attached hydrogens (tertiary/aromatic N) is 1. The van der Waals surface area contributed by atoms with E-state index in [4.69, 9.17) is 5.73 Å². The number of hydrogen-bond donors (Lipinski definition) is 1. The zero-order valence-electron chi connectivity index (χ0n) is 9.66. The number of aryl methyl sites for hydroxylation is 1. The number of thiophene rings is 1. The van der Waals surface area contributed by atoms with Crippen LogP contribution in [-0.4, -0.2) is 24.5 Å². The number of rotatable bonds is 3. The van der Waals surface area contributed by atoms with Gasteiger partial charge in [0.15, 0.2) is 0 Å². The lowest BCUT2D eigenvalue weighted by molar-refractivity contribution is 0.159. The van der Waals surface area contributed by atoms with Crippen LogP contribution in [0.5, 0.6) is 0 Å². The van der Waals surface area contributed by atoms with Crippen LogP contribution < -0.4 is 5.73 Å². The van der Waals surface area contributed by atoms with Crippen LogP contribution in [0.15, 0.2) is 11.4 Å². The van der Waals surface area contributed by atoms with Gasteiger partial charge in [-0.25, -0.2) is 0 Å². The van der Waals surface area contributed by atoms with Crippen molar-refractivity contribution >= 4 is 11.3 Å². The van der Waals surface area contributed by atoms with Crippen LogP contribution in [0.3, 0.4) is 0 Å². The van der Waals surface area contributed by atoms with Gasteiger partial charge < -0.3 is 10.6 Å². The molecule has 0 saturated carbocycles. The van der Waals surface area contributed by atoms with Crippen molar-refractivity contribution in [2.75, 3.05) is 14.1 Å². The van der Waals surface area contributed by atoms with E-state index in [1.807, 2.05) is 0 Å². The van der Waals surface area contributed by atoms with Crippen molar-refractivity contribution in [1.29, 1.82) is 0 Å². The maximum atomic E-state index is 6.25. The highest BCUT2D eigenvalue weighted by Crippen LogP contribution is 2.29. The summed E-state index contributed by atoms with van der Waals surface area (Å²) >= 11 is 1.76. The molecule has 0 amide bonds. The van der Waals surface area contributed by atoms with E-state index in [9.17, 15) is 0 Å². The van der Waals surface area contributed by atoms with Crippen molar-refractivity contribution in [2.45, 2.75) is 32.4 Å². The van der Waals surface area contributed by atoms with Crippen LogP contribution in [0.25, 0.3) is 0 Å². The quantitative estimate of drug-likeness (QED) is 0.833. The molecule has 0 fully saturated rings. The van der Waals surface area contributed by atoms with Crippen molar-refractivity contribution in [3.8, 4) is 0 Å². The molecule has 80 valence electrons. The predicted molar refractivity (Wildman–Crippen MR) is 63.8 cm³/mol. The second-order valence-corrected chi connectivity index (χ2v) is 5.63. The fourth-order valence-electron chi connectivity index (χ4n) is 1.31. The summed E-state index contributed by atoms with van der Waals surface area (Å²) in [7, 11) is 4.14. The van der Waals surface area contributed by atoms with Gasteiger partial charge in [-0.3, -0.25) is 0 Å². The summed E-state index contributed by atoms with van der Waals surface area (Å²) in [5, 5.41) is 2.16. The smallest absolute Gasteiger partial charge is 0.0484 e. The first-order valence-electron chi connectivity index (χ1n) is 4.83. The summed E-state index contributed by atoms with van der Waals surface area (Å²) in [6.07, 6.45) is 0. The molecule has 0 aliphatic carbocycles. The van der Waals surface area contributed by atoms with Gasteiger partial charge in [0.2, 0.25) is 0 Å². The second-order valence-electron chi connectivity index (χ2n) is 4.52. The highest BCUT2D eigenvalue weighted by Gasteiger charge is 2.30. The molecule has 0 aliphatic rings. The molecular formula is C11H20N2S. The molecule has 1 aromatic heterocycles. The Hall–Kier alpha value is -0.380. The van der Waals surface area contributed by atoms with Gasteiger partial charge in [-0.15, -0.1) is 11.3 Å². The molecule has 2 nitrogen and oxygen atoms in total. The van der Waals surface area contributed by atoms with Crippen molar-refractivity contribution < 1.29 is 0 Å². The maximum absolute atomic E-state index is 6.25. The minimum absolute atomic E-state index is 0.00644. The molecule has 0 spiro atoms. The molecule has 0 aromatic carbocycles. The highest BCUT2D eigenvalue weighted by atomic mass is 32.1. The Kier molecular flexibility index (Phi) is 3.35. The lowest BCUT2D eigenvalue weighted by Gasteiger charge is -2.37. The van der Waals surface area contributed by atoms with Crippen LogP contribution >= 0.6 is 11.3 Å². The third kappa shape index (κ3) is 2.16. The van der Waals surface area contributed by atoms with Gasteiger partial charge in [0.05, 0.1) is 0 Å². The Morgan fingerprint density at radius 1 is 1.43 bits per heavy atom. The molecule has 3 heteroatoms. The van der Waals surface area contributed by atoms with Gasteiger partial charge in [0, 0.05) is 16.5 Å². The predicted octanol–water partition coefficient (Wildman–Crippen LogP) is 2.40. The van der Waals surface area contributed by atoms with E-state index >= 15 is 0 Å². The van der Waals surface area contributed by atoms with Crippen molar-refractivity contribution in [1.82, 2.24) is 4.90 Å². The zero-order chi connectivity index (χ0) is 10.9. The monoisotopic (exact) mass is 212 g/mol. The minimum Gasteiger partial charge on any atom is -0.322 e. The largest absolute Gasteiger partial charge is 0.322 e. The topological polar surface area (TPSA) is 29.3 Å². The Bertz CT molecular complexity index is 302. The molecule has 1 rings (SSSR count). The van der Waals surface area contributed by atoms with Crippen molar-refractivity contribution in [2.24, 2.45) is 5.73 Å². The molecule has 0 radical (unpaired) electrons. The molecule has 1 aromatic rings.